The Kier molecular flexibility index (Phi) is 7.41. The van der Waals surface area contributed by atoms with Crippen LogP contribution in [0, 0.1) is 0 Å². The molecule has 28 heavy (non-hydrogen) atoms. The van der Waals surface area contributed by atoms with E-state index in [0.29, 0.717) is 22.9 Å². The lowest BCUT2D eigenvalue weighted by atomic mass is 10.2. The number of benzene rings is 1. The first-order valence-corrected chi connectivity index (χ1v) is 10.6. The normalized spacial score (nSPS) is 10.5. The first kappa shape index (κ1) is 20.3. The van der Waals surface area contributed by atoms with E-state index < -0.39 is 0 Å². The standard InChI is InChI=1S/C19H17ClN4O2S2/c20-14-1-3-15(4-2-14)23-18(26)12-28-19-24-16(11-27-19)9-17(25)22-10-13-5-7-21-8-6-13/h1-8,11H,9-10,12H2,(H,22,25)(H,23,26). The highest BCUT2D eigenvalue weighted by molar-refractivity contribution is 8.01. The van der Waals surface area contributed by atoms with Crippen LogP contribution in [0.4, 0.5) is 5.69 Å². The van der Waals surface area contributed by atoms with E-state index in [1.54, 1.807) is 36.7 Å². The highest BCUT2D eigenvalue weighted by atomic mass is 35.5. The molecule has 0 spiro atoms. The quantitative estimate of drug-likeness (QED) is 0.529. The van der Waals surface area contributed by atoms with Crippen LogP contribution in [0.3, 0.4) is 0 Å². The molecule has 0 saturated carbocycles. The number of nitrogens with one attached hydrogen (secondary N) is 2. The van der Waals surface area contributed by atoms with Gasteiger partial charge in [0.1, 0.15) is 0 Å². The molecule has 0 bridgehead atoms. The number of amides is 2. The molecule has 144 valence electrons. The van der Waals surface area contributed by atoms with Crippen molar-refractivity contribution in [2.45, 2.75) is 17.3 Å². The number of carbonyl (C=O) groups is 2. The Morgan fingerprint density at radius 1 is 1.07 bits per heavy atom. The molecule has 3 aromatic rings. The molecule has 1 aromatic carbocycles. The van der Waals surface area contributed by atoms with Crippen LogP contribution >= 0.6 is 34.7 Å². The number of thiazole rings is 1. The molecule has 0 atom stereocenters. The van der Waals surface area contributed by atoms with Crippen molar-refractivity contribution in [3.05, 3.63) is 70.5 Å². The van der Waals surface area contributed by atoms with Gasteiger partial charge in [-0.2, -0.15) is 0 Å². The van der Waals surface area contributed by atoms with E-state index in [2.05, 4.69) is 20.6 Å². The lowest BCUT2D eigenvalue weighted by molar-refractivity contribution is -0.120. The van der Waals surface area contributed by atoms with Gasteiger partial charge in [0.2, 0.25) is 11.8 Å². The minimum absolute atomic E-state index is 0.0980. The van der Waals surface area contributed by atoms with Crippen molar-refractivity contribution in [3.63, 3.8) is 0 Å². The molecule has 0 fully saturated rings. The van der Waals surface area contributed by atoms with Crippen LogP contribution in [-0.2, 0) is 22.6 Å². The average molecular weight is 433 g/mol. The van der Waals surface area contributed by atoms with E-state index in [0.717, 1.165) is 9.90 Å². The number of hydrogen-bond donors (Lipinski definition) is 2. The van der Waals surface area contributed by atoms with Gasteiger partial charge in [-0.05, 0) is 42.0 Å². The van der Waals surface area contributed by atoms with Crippen LogP contribution in [-0.4, -0.2) is 27.5 Å². The molecule has 2 N–H and O–H groups in total. The molecule has 0 unspecified atom stereocenters. The van der Waals surface area contributed by atoms with Crippen LogP contribution in [0.25, 0.3) is 0 Å². The maximum Gasteiger partial charge on any atom is 0.234 e. The Morgan fingerprint density at radius 3 is 2.57 bits per heavy atom. The molecule has 2 heterocycles. The monoisotopic (exact) mass is 432 g/mol. The maximum absolute atomic E-state index is 12.0. The predicted molar refractivity (Wildman–Crippen MR) is 113 cm³/mol. The number of nitrogens with zero attached hydrogens (tertiary/aromatic N) is 2. The second kappa shape index (κ2) is 10.2. The molecule has 6 nitrogen and oxygen atoms in total. The first-order chi connectivity index (χ1) is 13.6. The summed E-state index contributed by atoms with van der Waals surface area (Å²) in [5.41, 5.74) is 2.38. The average Bonchev–Trinajstić information content (AvgIpc) is 3.15. The van der Waals surface area contributed by atoms with Gasteiger partial charge in [0.15, 0.2) is 4.34 Å². The van der Waals surface area contributed by atoms with Crippen molar-refractivity contribution in [1.82, 2.24) is 15.3 Å². The number of hydrogen-bond acceptors (Lipinski definition) is 6. The van der Waals surface area contributed by atoms with Crippen LogP contribution in [0.15, 0.2) is 58.5 Å². The van der Waals surface area contributed by atoms with Crippen molar-refractivity contribution < 1.29 is 9.59 Å². The number of aromatic nitrogens is 2. The fourth-order valence-electron chi connectivity index (χ4n) is 2.22. The summed E-state index contributed by atoms with van der Waals surface area (Å²) in [6, 6.07) is 10.6. The lowest BCUT2D eigenvalue weighted by Gasteiger charge is -2.04. The number of thioether (sulfide) groups is 1. The molecule has 0 aliphatic carbocycles. The first-order valence-electron chi connectivity index (χ1n) is 8.37. The summed E-state index contributed by atoms with van der Waals surface area (Å²) in [5, 5.41) is 8.11. The van der Waals surface area contributed by atoms with Crippen LogP contribution < -0.4 is 10.6 Å². The summed E-state index contributed by atoms with van der Waals surface area (Å²) in [6.07, 6.45) is 3.59. The second-order valence-electron chi connectivity index (χ2n) is 5.76. The number of rotatable bonds is 8. The van der Waals surface area contributed by atoms with Crippen molar-refractivity contribution in [2.24, 2.45) is 0 Å². The second-order valence-corrected chi connectivity index (χ2v) is 8.27. The van der Waals surface area contributed by atoms with E-state index >= 15 is 0 Å². The third-order valence-corrected chi connectivity index (χ3v) is 5.89. The van der Waals surface area contributed by atoms with Gasteiger partial charge in [-0.1, -0.05) is 23.4 Å². The molecule has 0 saturated heterocycles. The van der Waals surface area contributed by atoms with E-state index in [4.69, 9.17) is 11.6 Å². The highest BCUT2D eigenvalue weighted by Crippen LogP contribution is 2.23. The van der Waals surface area contributed by atoms with Crippen molar-refractivity contribution in [2.75, 3.05) is 11.1 Å². The Bertz CT molecular complexity index is 933. The van der Waals surface area contributed by atoms with Crippen molar-refractivity contribution in [3.8, 4) is 0 Å². The van der Waals surface area contributed by atoms with Gasteiger partial charge < -0.3 is 10.6 Å². The van der Waals surface area contributed by atoms with Crippen molar-refractivity contribution >= 4 is 52.2 Å². The van der Waals surface area contributed by atoms with E-state index in [1.807, 2.05) is 17.5 Å². The molecule has 2 aromatic heterocycles. The fourth-order valence-corrected chi connectivity index (χ4v) is 3.99. The number of carbonyl (C=O) groups excluding carboxylic acids is 2. The fraction of sp³-hybridized carbons (Fsp3) is 0.158. The lowest BCUT2D eigenvalue weighted by Crippen LogP contribution is -2.24. The topological polar surface area (TPSA) is 84.0 Å². The van der Waals surface area contributed by atoms with E-state index in [9.17, 15) is 9.59 Å². The Hall–Kier alpha value is -2.42. The van der Waals surface area contributed by atoms with Gasteiger partial charge in [0.05, 0.1) is 17.9 Å². The third kappa shape index (κ3) is 6.63. The smallest absolute Gasteiger partial charge is 0.234 e. The minimum atomic E-state index is -0.126. The van der Waals surface area contributed by atoms with Crippen LogP contribution in [0.5, 0.6) is 0 Å². The number of halogens is 1. The predicted octanol–water partition coefficient (Wildman–Crippen LogP) is 3.78. The summed E-state index contributed by atoms with van der Waals surface area (Å²) in [5.74, 6) is 0.0161. The van der Waals surface area contributed by atoms with Gasteiger partial charge >= 0.3 is 0 Å². The molecular formula is C19H17ClN4O2S2. The Labute approximate surface area is 175 Å². The van der Waals surface area contributed by atoms with Crippen LogP contribution in [0.2, 0.25) is 5.02 Å². The molecule has 0 radical (unpaired) electrons. The largest absolute Gasteiger partial charge is 0.352 e. The molecule has 9 heteroatoms. The maximum atomic E-state index is 12.0. The van der Waals surface area contributed by atoms with Crippen molar-refractivity contribution in [1.29, 1.82) is 0 Å². The number of pyridine rings is 1. The summed E-state index contributed by atoms with van der Waals surface area (Å²) in [7, 11) is 0. The summed E-state index contributed by atoms with van der Waals surface area (Å²) in [4.78, 5) is 32.4. The molecule has 0 aliphatic rings. The minimum Gasteiger partial charge on any atom is -0.352 e. The van der Waals surface area contributed by atoms with E-state index in [-0.39, 0.29) is 24.0 Å². The molecule has 2 amide bonds. The highest BCUT2D eigenvalue weighted by Gasteiger charge is 2.10. The summed E-state index contributed by atoms with van der Waals surface area (Å²) >= 11 is 8.59. The van der Waals surface area contributed by atoms with Crippen LogP contribution in [0.1, 0.15) is 11.3 Å². The summed E-state index contributed by atoms with van der Waals surface area (Å²) in [6.45, 7) is 0.456. The van der Waals surface area contributed by atoms with Gasteiger partial charge in [-0.15, -0.1) is 11.3 Å². The SMILES string of the molecule is O=C(Cc1csc(SCC(=O)Nc2ccc(Cl)cc2)n1)NCc1ccncc1. The number of anilines is 1. The van der Waals surface area contributed by atoms with Gasteiger partial charge in [-0.3, -0.25) is 14.6 Å². The van der Waals surface area contributed by atoms with Gasteiger partial charge in [0.25, 0.3) is 0 Å². The zero-order valence-electron chi connectivity index (χ0n) is 14.7. The van der Waals surface area contributed by atoms with Gasteiger partial charge in [0, 0.05) is 35.0 Å². The molecule has 0 aliphatic heterocycles. The summed E-state index contributed by atoms with van der Waals surface area (Å²) < 4.78 is 0.753. The van der Waals surface area contributed by atoms with E-state index in [1.165, 1.54) is 23.1 Å². The zero-order chi connectivity index (χ0) is 19.8. The zero-order valence-corrected chi connectivity index (χ0v) is 17.1. The Balaban J connectivity index is 1.41. The molecular weight excluding hydrogens is 416 g/mol. The third-order valence-electron chi connectivity index (χ3n) is 3.57. The van der Waals surface area contributed by atoms with Gasteiger partial charge in [-0.25, -0.2) is 4.98 Å². The Morgan fingerprint density at radius 2 is 1.82 bits per heavy atom. The molecule has 3 rings (SSSR count).